The molecule has 0 bridgehead atoms. The standard InChI is InChI=1S/C14H13N4O7PS.BrH/c19-12-13(20)17-11-8(3-9(18(21)22)4-10(11)16-12)5-15-14(26(23,24)25)7-1-2-27-6-7;/h1-4,6,14-15H,5H2,(H,16,19)(H,17,20)(H2,23,24,25);1H. The Morgan fingerprint density at radius 2 is 1.93 bits per heavy atom. The summed E-state index contributed by atoms with van der Waals surface area (Å²) in [5.41, 5.74) is -1.52. The van der Waals surface area contributed by atoms with Crippen LogP contribution in [0, 0.1) is 10.1 Å². The van der Waals surface area contributed by atoms with Crippen molar-refractivity contribution in [3.05, 3.63) is 70.9 Å². The maximum absolute atomic E-state index is 11.8. The van der Waals surface area contributed by atoms with Crippen molar-refractivity contribution >= 4 is 52.6 Å². The fraction of sp³-hybridized carbons (Fsp3) is 0.143. The maximum atomic E-state index is 11.8. The smallest absolute Gasteiger partial charge is 0.323 e. The SMILES string of the molecule is Br.O=c1[nH]c2cc([N+](=O)[O-])cc(CNC(c3ccsc3)P(=O)(O)O)c2[nH]c1=O. The number of aromatic amines is 2. The molecule has 14 heteroatoms. The molecule has 0 fully saturated rings. The molecule has 0 aliphatic heterocycles. The lowest BCUT2D eigenvalue weighted by Crippen LogP contribution is -2.29. The van der Waals surface area contributed by atoms with Gasteiger partial charge < -0.3 is 19.8 Å². The summed E-state index contributed by atoms with van der Waals surface area (Å²) in [5.74, 6) is -1.33. The first-order chi connectivity index (χ1) is 12.7. The summed E-state index contributed by atoms with van der Waals surface area (Å²) >= 11 is 1.26. The number of fused-ring (bicyclic) bond motifs is 1. The van der Waals surface area contributed by atoms with Gasteiger partial charge in [-0.1, -0.05) is 0 Å². The monoisotopic (exact) mass is 492 g/mol. The Bertz CT molecular complexity index is 1170. The van der Waals surface area contributed by atoms with Gasteiger partial charge in [0, 0.05) is 18.7 Å². The van der Waals surface area contributed by atoms with Gasteiger partial charge in [-0.25, -0.2) is 0 Å². The number of hydrogen-bond acceptors (Lipinski definition) is 7. The zero-order valence-corrected chi connectivity index (χ0v) is 17.2. The normalized spacial score (nSPS) is 12.5. The topological polar surface area (TPSA) is 178 Å². The highest BCUT2D eigenvalue weighted by Gasteiger charge is 2.30. The molecule has 0 aliphatic carbocycles. The summed E-state index contributed by atoms with van der Waals surface area (Å²) in [5, 5.41) is 17.0. The average Bonchev–Trinajstić information content (AvgIpc) is 3.09. The first-order valence-electron chi connectivity index (χ1n) is 7.41. The van der Waals surface area contributed by atoms with Crippen LogP contribution < -0.4 is 16.4 Å². The number of nitro groups is 1. The molecule has 0 aliphatic rings. The molecule has 1 unspecified atom stereocenters. The van der Waals surface area contributed by atoms with Crippen molar-refractivity contribution < 1.29 is 19.3 Å². The molecule has 11 nitrogen and oxygen atoms in total. The third-order valence-electron chi connectivity index (χ3n) is 3.79. The highest BCUT2D eigenvalue weighted by atomic mass is 79.9. The molecular formula is C14H14BrN4O7PS. The quantitative estimate of drug-likeness (QED) is 0.149. The maximum Gasteiger partial charge on any atom is 0.346 e. The minimum absolute atomic E-state index is 0. The van der Waals surface area contributed by atoms with Crippen LogP contribution in [0.4, 0.5) is 5.69 Å². The molecule has 0 spiro atoms. The van der Waals surface area contributed by atoms with Crippen LogP contribution in [0.15, 0.2) is 38.5 Å². The van der Waals surface area contributed by atoms with Crippen LogP contribution in [-0.2, 0) is 11.1 Å². The van der Waals surface area contributed by atoms with Gasteiger partial charge in [-0.05, 0) is 28.0 Å². The Hall–Kier alpha value is -2.15. The fourth-order valence-corrected chi connectivity index (χ4v) is 4.26. The third kappa shape index (κ3) is 4.63. The van der Waals surface area contributed by atoms with Crippen molar-refractivity contribution in [3.8, 4) is 0 Å². The van der Waals surface area contributed by atoms with E-state index in [1.165, 1.54) is 11.3 Å². The molecule has 0 radical (unpaired) electrons. The molecule has 0 saturated heterocycles. The van der Waals surface area contributed by atoms with Crippen LogP contribution in [0.5, 0.6) is 0 Å². The number of thiophene rings is 1. The summed E-state index contributed by atoms with van der Waals surface area (Å²) in [6.45, 7) is -0.203. The van der Waals surface area contributed by atoms with Gasteiger partial charge in [-0.15, -0.1) is 17.0 Å². The van der Waals surface area contributed by atoms with Crippen molar-refractivity contribution in [1.82, 2.24) is 15.3 Å². The number of halogens is 1. The minimum Gasteiger partial charge on any atom is -0.323 e. The van der Waals surface area contributed by atoms with Crippen molar-refractivity contribution in [3.63, 3.8) is 0 Å². The van der Waals surface area contributed by atoms with Crippen LogP contribution >= 0.6 is 35.9 Å². The first-order valence-corrected chi connectivity index (χ1v) is 10.0. The number of H-pyrrole nitrogens is 2. The Kier molecular flexibility index (Phi) is 6.70. The molecule has 3 rings (SSSR count). The van der Waals surface area contributed by atoms with Crippen molar-refractivity contribution in [2.24, 2.45) is 0 Å². The Morgan fingerprint density at radius 3 is 2.50 bits per heavy atom. The van der Waals surface area contributed by atoms with E-state index in [4.69, 9.17) is 0 Å². The van der Waals surface area contributed by atoms with E-state index in [9.17, 15) is 34.1 Å². The van der Waals surface area contributed by atoms with E-state index in [-0.39, 0.29) is 45.8 Å². The van der Waals surface area contributed by atoms with E-state index in [0.29, 0.717) is 5.56 Å². The van der Waals surface area contributed by atoms with E-state index in [0.717, 1.165) is 12.1 Å². The number of nitro benzene ring substituents is 1. The number of hydrogen-bond donors (Lipinski definition) is 5. The predicted octanol–water partition coefficient (Wildman–Crippen LogP) is 1.73. The minimum atomic E-state index is -4.58. The lowest BCUT2D eigenvalue weighted by atomic mass is 10.1. The predicted molar refractivity (Wildman–Crippen MR) is 108 cm³/mol. The van der Waals surface area contributed by atoms with Crippen LogP contribution in [0.2, 0.25) is 0 Å². The van der Waals surface area contributed by atoms with Gasteiger partial charge >= 0.3 is 18.7 Å². The molecule has 2 aromatic heterocycles. The summed E-state index contributed by atoms with van der Waals surface area (Å²) < 4.78 is 11.8. The second-order valence-electron chi connectivity index (χ2n) is 5.62. The van der Waals surface area contributed by atoms with Gasteiger partial charge in [0.15, 0.2) is 0 Å². The Balaban J connectivity index is 0.00000280. The second kappa shape index (κ2) is 8.47. The lowest BCUT2D eigenvalue weighted by Gasteiger charge is -2.19. The van der Waals surface area contributed by atoms with Gasteiger partial charge in [0.25, 0.3) is 5.69 Å². The van der Waals surface area contributed by atoms with Crippen LogP contribution in [0.3, 0.4) is 0 Å². The largest absolute Gasteiger partial charge is 0.346 e. The Morgan fingerprint density at radius 1 is 1.25 bits per heavy atom. The number of nitrogens with one attached hydrogen (secondary N) is 3. The summed E-state index contributed by atoms with van der Waals surface area (Å²) in [6.07, 6.45) is 0. The van der Waals surface area contributed by atoms with Crippen molar-refractivity contribution in [1.29, 1.82) is 0 Å². The Labute approximate surface area is 170 Å². The van der Waals surface area contributed by atoms with Gasteiger partial charge in [-0.3, -0.25) is 29.6 Å². The zero-order valence-electron chi connectivity index (χ0n) is 13.8. The second-order valence-corrected chi connectivity index (χ2v) is 8.10. The fourth-order valence-electron chi connectivity index (χ4n) is 2.59. The van der Waals surface area contributed by atoms with Gasteiger partial charge in [0.05, 0.1) is 16.0 Å². The summed E-state index contributed by atoms with van der Waals surface area (Å²) in [6, 6.07) is 3.80. The highest BCUT2D eigenvalue weighted by molar-refractivity contribution is 8.93. The number of aromatic nitrogens is 2. The van der Waals surface area contributed by atoms with Crippen LogP contribution in [-0.4, -0.2) is 24.7 Å². The highest BCUT2D eigenvalue weighted by Crippen LogP contribution is 2.50. The van der Waals surface area contributed by atoms with E-state index < -0.39 is 29.4 Å². The van der Waals surface area contributed by atoms with Gasteiger partial charge in [0.2, 0.25) is 0 Å². The zero-order chi connectivity index (χ0) is 19.8. The van der Waals surface area contributed by atoms with Gasteiger partial charge in [0.1, 0.15) is 5.78 Å². The molecule has 150 valence electrons. The van der Waals surface area contributed by atoms with Gasteiger partial charge in [-0.2, -0.15) is 11.3 Å². The van der Waals surface area contributed by atoms with E-state index >= 15 is 0 Å². The molecule has 0 saturated carbocycles. The van der Waals surface area contributed by atoms with E-state index in [1.54, 1.807) is 16.8 Å². The van der Waals surface area contributed by atoms with Crippen LogP contribution in [0.25, 0.3) is 11.0 Å². The third-order valence-corrected chi connectivity index (χ3v) is 5.64. The summed E-state index contributed by atoms with van der Waals surface area (Å²) in [7, 11) is -4.58. The molecule has 1 atom stereocenters. The number of non-ortho nitro benzene ring substituents is 1. The number of rotatable bonds is 6. The number of benzene rings is 1. The van der Waals surface area contributed by atoms with Crippen LogP contribution in [0.1, 0.15) is 16.9 Å². The molecule has 0 amide bonds. The molecular weight excluding hydrogens is 479 g/mol. The van der Waals surface area contributed by atoms with E-state index in [1.807, 2.05) is 0 Å². The molecule has 2 heterocycles. The lowest BCUT2D eigenvalue weighted by molar-refractivity contribution is -0.384. The van der Waals surface area contributed by atoms with Crippen molar-refractivity contribution in [2.75, 3.05) is 0 Å². The summed E-state index contributed by atoms with van der Waals surface area (Å²) in [4.78, 5) is 57.4. The van der Waals surface area contributed by atoms with Crippen molar-refractivity contribution in [2.45, 2.75) is 12.3 Å². The molecule has 1 aromatic carbocycles. The molecule has 3 aromatic rings. The molecule has 5 N–H and O–H groups in total. The van der Waals surface area contributed by atoms with E-state index in [2.05, 4.69) is 15.3 Å². The average molecular weight is 493 g/mol. The number of nitrogens with zero attached hydrogens (tertiary/aromatic N) is 1. The molecule has 28 heavy (non-hydrogen) atoms. The first kappa shape index (κ1) is 22.1.